The molecule has 1 saturated heterocycles. The summed E-state index contributed by atoms with van der Waals surface area (Å²) in [5.74, 6) is 0.0390. The van der Waals surface area contributed by atoms with Crippen LogP contribution in [0.3, 0.4) is 0 Å². The van der Waals surface area contributed by atoms with E-state index in [0.29, 0.717) is 31.7 Å². The molecule has 1 aromatic carbocycles. The number of halogens is 1. The molecule has 4 nitrogen and oxygen atoms in total. The summed E-state index contributed by atoms with van der Waals surface area (Å²) in [6.45, 7) is 2.29. The minimum atomic E-state index is -0.336. The molecule has 1 aromatic rings. The Kier molecular flexibility index (Phi) is 5.48. The molecule has 0 atom stereocenters. The highest BCUT2D eigenvalue weighted by Crippen LogP contribution is 2.25. The van der Waals surface area contributed by atoms with E-state index in [9.17, 15) is 14.0 Å². The highest BCUT2D eigenvalue weighted by molar-refractivity contribution is 5.81. The summed E-state index contributed by atoms with van der Waals surface area (Å²) in [6.07, 6.45) is 5.64. The van der Waals surface area contributed by atoms with Gasteiger partial charge in [-0.3, -0.25) is 9.59 Å². The quantitative estimate of drug-likeness (QED) is 0.854. The average Bonchev–Trinajstić information content (AvgIpc) is 2.64. The van der Waals surface area contributed by atoms with Crippen LogP contribution in [0.4, 0.5) is 4.39 Å². The van der Waals surface area contributed by atoms with Crippen LogP contribution in [-0.4, -0.2) is 47.8 Å². The SMILES string of the molecule is O=C(Cc1ccccc1F)N1CCN(C(=O)C2CCCCC2)CC1. The molecular formula is C19H25FN2O2. The van der Waals surface area contributed by atoms with Crippen LogP contribution in [-0.2, 0) is 16.0 Å². The molecule has 1 aliphatic carbocycles. The number of carbonyl (C=O) groups is 2. The zero-order chi connectivity index (χ0) is 16.9. The van der Waals surface area contributed by atoms with Gasteiger partial charge in [0.25, 0.3) is 0 Å². The van der Waals surface area contributed by atoms with Gasteiger partial charge < -0.3 is 9.80 Å². The Labute approximate surface area is 142 Å². The fourth-order valence-corrected chi connectivity index (χ4v) is 3.70. The number of piperazine rings is 1. The largest absolute Gasteiger partial charge is 0.339 e. The van der Waals surface area contributed by atoms with E-state index in [1.54, 1.807) is 23.1 Å². The molecule has 24 heavy (non-hydrogen) atoms. The van der Waals surface area contributed by atoms with Gasteiger partial charge in [-0.2, -0.15) is 0 Å². The molecule has 0 radical (unpaired) electrons. The van der Waals surface area contributed by atoms with Gasteiger partial charge in [0.1, 0.15) is 5.82 Å². The smallest absolute Gasteiger partial charge is 0.227 e. The first-order valence-electron chi connectivity index (χ1n) is 8.95. The lowest BCUT2D eigenvalue weighted by molar-refractivity contribution is -0.142. The number of nitrogens with zero attached hydrogens (tertiary/aromatic N) is 2. The van der Waals surface area contributed by atoms with Crippen molar-refractivity contribution in [1.29, 1.82) is 0 Å². The van der Waals surface area contributed by atoms with Crippen molar-refractivity contribution in [3.8, 4) is 0 Å². The van der Waals surface area contributed by atoms with E-state index in [4.69, 9.17) is 0 Å². The summed E-state index contributed by atoms with van der Waals surface area (Å²) in [6, 6.07) is 6.39. The Balaban J connectivity index is 1.50. The van der Waals surface area contributed by atoms with Crippen molar-refractivity contribution in [3.63, 3.8) is 0 Å². The monoisotopic (exact) mass is 332 g/mol. The van der Waals surface area contributed by atoms with Crippen molar-refractivity contribution in [2.45, 2.75) is 38.5 Å². The molecule has 3 rings (SSSR count). The van der Waals surface area contributed by atoms with Crippen LogP contribution in [0.5, 0.6) is 0 Å². The van der Waals surface area contributed by atoms with Gasteiger partial charge in [0, 0.05) is 32.1 Å². The lowest BCUT2D eigenvalue weighted by Gasteiger charge is -2.37. The number of benzene rings is 1. The first-order chi connectivity index (χ1) is 11.6. The second-order valence-corrected chi connectivity index (χ2v) is 6.81. The molecule has 2 fully saturated rings. The summed E-state index contributed by atoms with van der Waals surface area (Å²) in [5, 5.41) is 0. The van der Waals surface area contributed by atoms with Gasteiger partial charge in [-0.25, -0.2) is 4.39 Å². The lowest BCUT2D eigenvalue weighted by atomic mass is 9.88. The maximum absolute atomic E-state index is 13.7. The van der Waals surface area contributed by atoms with E-state index >= 15 is 0 Å². The minimum Gasteiger partial charge on any atom is -0.339 e. The Hall–Kier alpha value is -1.91. The maximum atomic E-state index is 13.7. The third-order valence-electron chi connectivity index (χ3n) is 5.20. The maximum Gasteiger partial charge on any atom is 0.227 e. The van der Waals surface area contributed by atoms with Crippen molar-refractivity contribution < 1.29 is 14.0 Å². The average molecular weight is 332 g/mol. The van der Waals surface area contributed by atoms with Crippen LogP contribution >= 0.6 is 0 Å². The van der Waals surface area contributed by atoms with Gasteiger partial charge in [0.2, 0.25) is 11.8 Å². The summed E-state index contributed by atoms with van der Waals surface area (Å²) in [7, 11) is 0. The molecule has 0 N–H and O–H groups in total. The molecule has 0 bridgehead atoms. The predicted octanol–water partition coefficient (Wildman–Crippen LogP) is 2.62. The van der Waals surface area contributed by atoms with Crippen molar-refractivity contribution in [2.24, 2.45) is 5.92 Å². The highest BCUT2D eigenvalue weighted by Gasteiger charge is 2.29. The fourth-order valence-electron chi connectivity index (χ4n) is 3.70. The molecule has 1 heterocycles. The van der Waals surface area contributed by atoms with Crippen LogP contribution in [0, 0.1) is 11.7 Å². The molecular weight excluding hydrogens is 307 g/mol. The zero-order valence-electron chi connectivity index (χ0n) is 14.0. The van der Waals surface area contributed by atoms with Crippen molar-refractivity contribution in [3.05, 3.63) is 35.6 Å². The molecule has 0 unspecified atom stereocenters. The van der Waals surface area contributed by atoms with E-state index in [1.807, 2.05) is 4.90 Å². The Bertz CT molecular complexity index is 591. The number of hydrogen-bond acceptors (Lipinski definition) is 2. The zero-order valence-corrected chi connectivity index (χ0v) is 14.0. The van der Waals surface area contributed by atoms with E-state index < -0.39 is 0 Å². The van der Waals surface area contributed by atoms with Crippen LogP contribution in [0.2, 0.25) is 0 Å². The fraction of sp³-hybridized carbons (Fsp3) is 0.579. The molecule has 0 spiro atoms. The van der Waals surface area contributed by atoms with Crippen molar-refractivity contribution >= 4 is 11.8 Å². The van der Waals surface area contributed by atoms with Gasteiger partial charge in [0.15, 0.2) is 0 Å². The normalized spacial score (nSPS) is 19.4. The Morgan fingerprint density at radius 1 is 0.958 bits per heavy atom. The molecule has 2 amide bonds. The topological polar surface area (TPSA) is 40.6 Å². The summed E-state index contributed by atoms with van der Waals surface area (Å²) in [5.41, 5.74) is 0.434. The lowest BCUT2D eigenvalue weighted by Crippen LogP contribution is -2.52. The number of rotatable bonds is 3. The van der Waals surface area contributed by atoms with E-state index in [0.717, 1.165) is 25.7 Å². The second-order valence-electron chi connectivity index (χ2n) is 6.81. The Morgan fingerprint density at radius 2 is 1.58 bits per heavy atom. The standard InChI is InChI=1S/C19H25FN2O2/c20-17-9-5-4-8-16(17)14-18(23)21-10-12-22(13-11-21)19(24)15-6-2-1-3-7-15/h4-5,8-9,15H,1-3,6-7,10-14H2. The predicted molar refractivity (Wildman–Crippen MR) is 89.8 cm³/mol. The van der Waals surface area contributed by atoms with Gasteiger partial charge in [-0.15, -0.1) is 0 Å². The molecule has 2 aliphatic rings. The van der Waals surface area contributed by atoms with Crippen LogP contribution < -0.4 is 0 Å². The van der Waals surface area contributed by atoms with Gasteiger partial charge in [0.05, 0.1) is 6.42 Å². The number of hydrogen-bond donors (Lipinski definition) is 0. The van der Waals surface area contributed by atoms with Crippen LogP contribution in [0.1, 0.15) is 37.7 Å². The summed E-state index contributed by atoms with van der Waals surface area (Å²) >= 11 is 0. The van der Waals surface area contributed by atoms with E-state index in [1.165, 1.54) is 12.5 Å². The molecule has 0 aromatic heterocycles. The molecule has 130 valence electrons. The summed E-state index contributed by atoms with van der Waals surface area (Å²) in [4.78, 5) is 28.5. The Morgan fingerprint density at radius 3 is 2.25 bits per heavy atom. The van der Waals surface area contributed by atoms with Crippen LogP contribution in [0.15, 0.2) is 24.3 Å². The third-order valence-corrected chi connectivity index (χ3v) is 5.20. The number of carbonyl (C=O) groups excluding carboxylic acids is 2. The van der Waals surface area contributed by atoms with Crippen LogP contribution in [0.25, 0.3) is 0 Å². The summed E-state index contributed by atoms with van der Waals surface area (Å²) < 4.78 is 13.7. The molecule has 1 aliphatic heterocycles. The third kappa shape index (κ3) is 3.94. The van der Waals surface area contributed by atoms with Crippen molar-refractivity contribution in [2.75, 3.05) is 26.2 Å². The number of amides is 2. The van der Waals surface area contributed by atoms with Crippen molar-refractivity contribution in [1.82, 2.24) is 9.80 Å². The second kappa shape index (κ2) is 7.77. The van der Waals surface area contributed by atoms with Gasteiger partial charge >= 0.3 is 0 Å². The van der Waals surface area contributed by atoms with E-state index in [-0.39, 0.29) is 30.0 Å². The van der Waals surface area contributed by atoms with E-state index in [2.05, 4.69) is 0 Å². The highest BCUT2D eigenvalue weighted by atomic mass is 19.1. The first-order valence-corrected chi connectivity index (χ1v) is 8.95. The van der Waals surface area contributed by atoms with Gasteiger partial charge in [-0.1, -0.05) is 37.5 Å². The molecule has 5 heteroatoms. The van der Waals surface area contributed by atoms with Gasteiger partial charge in [-0.05, 0) is 24.5 Å². The first kappa shape index (κ1) is 16.9. The minimum absolute atomic E-state index is 0.0649. The molecule has 1 saturated carbocycles.